The van der Waals surface area contributed by atoms with E-state index in [0.29, 0.717) is 21.8 Å². The van der Waals surface area contributed by atoms with Gasteiger partial charge < -0.3 is 9.97 Å². The predicted molar refractivity (Wildman–Crippen MR) is 69.6 cm³/mol. The number of hydrogen-bond donors (Lipinski definition) is 2. The summed E-state index contributed by atoms with van der Waals surface area (Å²) in [6, 6.07) is 5.73. The number of aromatic nitrogens is 2. The highest BCUT2D eigenvalue weighted by Gasteiger charge is 2.30. The fourth-order valence-corrected chi connectivity index (χ4v) is 2.78. The van der Waals surface area contributed by atoms with E-state index < -0.39 is 11.1 Å². The molecule has 1 saturated carbocycles. The van der Waals surface area contributed by atoms with E-state index in [1.165, 1.54) is 12.8 Å². The van der Waals surface area contributed by atoms with E-state index in [-0.39, 0.29) is 0 Å². The summed E-state index contributed by atoms with van der Waals surface area (Å²) in [5.74, 6) is 0.696. The predicted octanol–water partition coefficient (Wildman–Crippen LogP) is 2.06. The number of rotatable bonds is 2. The molecule has 0 spiro atoms. The number of benzene rings is 1. The number of aromatic amines is 2. The standard InChI is InChI=1S/C12H11BrN2O2/c13-10(6-1-2-6)7-3-4-8-9(5-7)15-12(17)11(16)14-8/h3-6,10H,1-2H2,(H,14,16)(H,15,17). The lowest BCUT2D eigenvalue weighted by atomic mass is 10.1. The molecule has 0 bridgehead atoms. The summed E-state index contributed by atoms with van der Waals surface area (Å²) >= 11 is 3.67. The van der Waals surface area contributed by atoms with Gasteiger partial charge in [-0.3, -0.25) is 9.59 Å². The summed E-state index contributed by atoms with van der Waals surface area (Å²) in [7, 11) is 0. The number of fused-ring (bicyclic) bond motifs is 1. The van der Waals surface area contributed by atoms with Crippen LogP contribution in [0.15, 0.2) is 27.8 Å². The first-order chi connectivity index (χ1) is 8.15. The van der Waals surface area contributed by atoms with Gasteiger partial charge in [0.1, 0.15) is 0 Å². The molecule has 17 heavy (non-hydrogen) atoms. The van der Waals surface area contributed by atoms with Crippen LogP contribution in [0.3, 0.4) is 0 Å². The van der Waals surface area contributed by atoms with Gasteiger partial charge in [0.2, 0.25) is 0 Å². The van der Waals surface area contributed by atoms with Crippen LogP contribution in [0.2, 0.25) is 0 Å². The average Bonchev–Trinajstić information content (AvgIpc) is 3.13. The van der Waals surface area contributed by atoms with Gasteiger partial charge in [-0.15, -0.1) is 0 Å². The van der Waals surface area contributed by atoms with Crippen molar-refractivity contribution in [3.05, 3.63) is 44.5 Å². The second-order valence-electron chi connectivity index (χ2n) is 4.45. The van der Waals surface area contributed by atoms with E-state index in [4.69, 9.17) is 0 Å². The van der Waals surface area contributed by atoms with Gasteiger partial charge in [-0.1, -0.05) is 22.0 Å². The van der Waals surface area contributed by atoms with Gasteiger partial charge in [0.15, 0.2) is 0 Å². The highest BCUT2D eigenvalue weighted by molar-refractivity contribution is 9.09. The fraction of sp³-hybridized carbons (Fsp3) is 0.333. The summed E-state index contributed by atoms with van der Waals surface area (Å²) in [6.07, 6.45) is 2.49. The van der Waals surface area contributed by atoms with Crippen LogP contribution in [0.1, 0.15) is 23.2 Å². The van der Waals surface area contributed by atoms with Crippen LogP contribution in [0, 0.1) is 5.92 Å². The highest BCUT2D eigenvalue weighted by atomic mass is 79.9. The van der Waals surface area contributed by atoms with Gasteiger partial charge in [-0.25, -0.2) is 0 Å². The van der Waals surface area contributed by atoms with Gasteiger partial charge in [0.25, 0.3) is 0 Å². The smallest absolute Gasteiger partial charge is 0.314 e. The van der Waals surface area contributed by atoms with Crippen LogP contribution in [0.25, 0.3) is 11.0 Å². The van der Waals surface area contributed by atoms with E-state index in [1.54, 1.807) is 0 Å². The summed E-state index contributed by atoms with van der Waals surface area (Å²) in [5, 5.41) is 0. The Morgan fingerprint density at radius 1 is 1.12 bits per heavy atom. The number of nitrogens with one attached hydrogen (secondary N) is 2. The fourth-order valence-electron chi connectivity index (χ4n) is 1.97. The van der Waals surface area contributed by atoms with E-state index in [9.17, 15) is 9.59 Å². The van der Waals surface area contributed by atoms with Crippen LogP contribution in [-0.2, 0) is 0 Å². The molecule has 1 atom stereocenters. The molecular weight excluding hydrogens is 284 g/mol. The number of halogens is 1. The molecular formula is C12H11BrN2O2. The van der Waals surface area contributed by atoms with Crippen molar-refractivity contribution in [1.29, 1.82) is 0 Å². The minimum Gasteiger partial charge on any atom is -0.316 e. The summed E-state index contributed by atoms with van der Waals surface area (Å²) in [6.45, 7) is 0. The number of hydrogen-bond acceptors (Lipinski definition) is 2. The quantitative estimate of drug-likeness (QED) is 0.658. The van der Waals surface area contributed by atoms with E-state index in [2.05, 4.69) is 25.9 Å². The molecule has 1 fully saturated rings. The van der Waals surface area contributed by atoms with Crippen molar-refractivity contribution in [2.75, 3.05) is 0 Å². The molecule has 5 heteroatoms. The van der Waals surface area contributed by atoms with Crippen molar-refractivity contribution in [2.24, 2.45) is 5.92 Å². The average molecular weight is 295 g/mol. The molecule has 1 aliphatic rings. The van der Waals surface area contributed by atoms with Gasteiger partial charge in [-0.2, -0.15) is 0 Å². The third kappa shape index (κ3) is 1.95. The SMILES string of the molecule is O=c1[nH]c2ccc(C(Br)C3CC3)cc2[nH]c1=O. The second-order valence-corrected chi connectivity index (χ2v) is 5.44. The van der Waals surface area contributed by atoms with Gasteiger partial charge in [0.05, 0.1) is 11.0 Å². The monoisotopic (exact) mass is 294 g/mol. The summed E-state index contributed by atoms with van der Waals surface area (Å²) in [4.78, 5) is 27.9. The van der Waals surface area contributed by atoms with Crippen molar-refractivity contribution in [1.82, 2.24) is 9.97 Å². The van der Waals surface area contributed by atoms with Crippen molar-refractivity contribution in [3.63, 3.8) is 0 Å². The lowest BCUT2D eigenvalue weighted by Crippen LogP contribution is -2.28. The maximum absolute atomic E-state index is 11.2. The molecule has 1 aromatic heterocycles. The van der Waals surface area contributed by atoms with Crippen molar-refractivity contribution >= 4 is 27.0 Å². The molecule has 1 aromatic carbocycles. The lowest BCUT2D eigenvalue weighted by Gasteiger charge is -2.09. The zero-order valence-corrected chi connectivity index (χ0v) is 10.6. The Morgan fingerprint density at radius 2 is 1.76 bits per heavy atom. The highest BCUT2D eigenvalue weighted by Crippen LogP contribution is 2.46. The third-order valence-corrected chi connectivity index (χ3v) is 4.38. The molecule has 3 rings (SSSR count). The van der Waals surface area contributed by atoms with Crippen molar-refractivity contribution in [2.45, 2.75) is 17.7 Å². The molecule has 0 amide bonds. The molecule has 2 N–H and O–H groups in total. The minimum atomic E-state index is -0.608. The molecule has 0 aliphatic heterocycles. The molecule has 0 radical (unpaired) electrons. The first-order valence-corrected chi connectivity index (χ1v) is 6.47. The maximum atomic E-state index is 11.2. The Labute approximate surface area is 105 Å². The molecule has 88 valence electrons. The molecule has 4 nitrogen and oxygen atoms in total. The van der Waals surface area contributed by atoms with Crippen LogP contribution in [0.5, 0.6) is 0 Å². The van der Waals surface area contributed by atoms with Crippen molar-refractivity contribution < 1.29 is 0 Å². The Morgan fingerprint density at radius 3 is 2.41 bits per heavy atom. The van der Waals surface area contributed by atoms with Crippen molar-refractivity contribution in [3.8, 4) is 0 Å². The molecule has 1 heterocycles. The normalized spacial score (nSPS) is 17.2. The summed E-state index contributed by atoms with van der Waals surface area (Å²) < 4.78 is 0. The van der Waals surface area contributed by atoms with Crippen LogP contribution < -0.4 is 11.1 Å². The first kappa shape index (κ1) is 10.8. The number of alkyl halides is 1. The molecule has 0 saturated heterocycles. The lowest BCUT2D eigenvalue weighted by molar-refractivity contribution is 0.823. The number of H-pyrrole nitrogens is 2. The van der Waals surface area contributed by atoms with Crippen LogP contribution in [0.4, 0.5) is 0 Å². The van der Waals surface area contributed by atoms with Crippen LogP contribution >= 0.6 is 15.9 Å². The van der Waals surface area contributed by atoms with Gasteiger partial charge in [0, 0.05) is 4.83 Å². The van der Waals surface area contributed by atoms with E-state index in [1.807, 2.05) is 18.2 Å². The third-order valence-electron chi connectivity index (χ3n) is 3.10. The van der Waals surface area contributed by atoms with Crippen LogP contribution in [-0.4, -0.2) is 9.97 Å². The Hall–Kier alpha value is -1.36. The minimum absolute atomic E-state index is 0.335. The maximum Gasteiger partial charge on any atom is 0.314 e. The largest absolute Gasteiger partial charge is 0.316 e. The Bertz CT molecular complexity index is 685. The molecule has 1 unspecified atom stereocenters. The Kier molecular flexibility index (Phi) is 2.43. The molecule has 1 aliphatic carbocycles. The van der Waals surface area contributed by atoms with Gasteiger partial charge >= 0.3 is 11.1 Å². The molecule has 2 aromatic rings. The zero-order chi connectivity index (χ0) is 12.0. The van der Waals surface area contributed by atoms with E-state index >= 15 is 0 Å². The van der Waals surface area contributed by atoms with E-state index in [0.717, 1.165) is 5.56 Å². The topological polar surface area (TPSA) is 65.7 Å². The zero-order valence-electron chi connectivity index (χ0n) is 9.00. The van der Waals surface area contributed by atoms with Gasteiger partial charge in [-0.05, 0) is 36.5 Å². The summed E-state index contributed by atoms with van der Waals surface area (Å²) in [5.41, 5.74) is 1.27. The Balaban J connectivity index is 2.14. The second kappa shape index (κ2) is 3.84. The first-order valence-electron chi connectivity index (χ1n) is 5.55.